The van der Waals surface area contributed by atoms with Crippen LogP contribution in [0.5, 0.6) is 0 Å². The van der Waals surface area contributed by atoms with Crippen molar-refractivity contribution in [1.82, 2.24) is 15.3 Å². The molecule has 3 rings (SSSR count). The summed E-state index contributed by atoms with van der Waals surface area (Å²) < 4.78 is 0. The number of hydrogen-bond acceptors (Lipinski definition) is 4. The van der Waals surface area contributed by atoms with Crippen molar-refractivity contribution in [3.8, 4) is 0 Å². The lowest BCUT2D eigenvalue weighted by molar-refractivity contribution is 0.441. The number of fused-ring (bicyclic) bond motifs is 1. The largest absolute Gasteiger partial charge is 0.352 e. The fourth-order valence-electron chi connectivity index (χ4n) is 3.28. The molecule has 3 heterocycles. The van der Waals surface area contributed by atoms with Gasteiger partial charge in [-0.15, -0.1) is 0 Å². The van der Waals surface area contributed by atoms with Gasteiger partial charge in [-0.3, -0.25) is 4.98 Å². The van der Waals surface area contributed by atoms with E-state index in [1.165, 1.54) is 0 Å². The smallest absolute Gasteiger partial charge is 0.149 e. The molecule has 2 aliphatic rings. The Labute approximate surface area is 106 Å². The Balaban J connectivity index is 1.88. The van der Waals surface area contributed by atoms with Gasteiger partial charge < -0.3 is 10.2 Å². The first-order chi connectivity index (χ1) is 8.29. The molecule has 3 atom stereocenters. The third-order valence-corrected chi connectivity index (χ3v) is 4.20. The summed E-state index contributed by atoms with van der Waals surface area (Å²) in [5.74, 6) is 2.43. The minimum atomic E-state index is 0.479. The maximum absolute atomic E-state index is 5.92. The van der Waals surface area contributed by atoms with Crippen molar-refractivity contribution in [2.75, 3.05) is 24.5 Å². The average Bonchev–Trinajstić information content (AvgIpc) is 2.88. The van der Waals surface area contributed by atoms with Crippen molar-refractivity contribution in [2.24, 2.45) is 11.8 Å². The zero-order valence-electron chi connectivity index (χ0n) is 9.93. The molecule has 0 spiro atoms. The van der Waals surface area contributed by atoms with Crippen molar-refractivity contribution in [1.29, 1.82) is 0 Å². The van der Waals surface area contributed by atoms with E-state index >= 15 is 0 Å². The molecular weight excluding hydrogens is 236 g/mol. The Morgan fingerprint density at radius 2 is 2.35 bits per heavy atom. The first-order valence-electron chi connectivity index (χ1n) is 6.24. The van der Waals surface area contributed by atoms with E-state index in [2.05, 4.69) is 27.1 Å². The van der Waals surface area contributed by atoms with Crippen LogP contribution < -0.4 is 10.2 Å². The second-order valence-corrected chi connectivity index (χ2v) is 5.30. The van der Waals surface area contributed by atoms with Crippen LogP contribution in [0.15, 0.2) is 12.4 Å². The van der Waals surface area contributed by atoms with E-state index < -0.39 is 0 Å². The van der Waals surface area contributed by atoms with Gasteiger partial charge in [0, 0.05) is 25.7 Å². The number of rotatable bonds is 2. The van der Waals surface area contributed by atoms with Gasteiger partial charge in [-0.1, -0.05) is 18.5 Å². The molecule has 0 aliphatic carbocycles. The zero-order valence-corrected chi connectivity index (χ0v) is 10.7. The summed E-state index contributed by atoms with van der Waals surface area (Å²) in [5, 5.41) is 3.96. The third kappa shape index (κ3) is 1.89. The molecule has 2 aliphatic heterocycles. The van der Waals surface area contributed by atoms with Gasteiger partial charge in [-0.05, 0) is 18.3 Å². The summed E-state index contributed by atoms with van der Waals surface area (Å²) in [5.41, 5.74) is 0. The van der Waals surface area contributed by atoms with E-state index in [1.807, 2.05) is 6.20 Å². The van der Waals surface area contributed by atoms with Gasteiger partial charge >= 0.3 is 0 Å². The van der Waals surface area contributed by atoms with Crippen LogP contribution in [0.4, 0.5) is 5.82 Å². The van der Waals surface area contributed by atoms with Crippen LogP contribution in [0.3, 0.4) is 0 Å². The summed E-state index contributed by atoms with van der Waals surface area (Å²) in [4.78, 5) is 10.9. The van der Waals surface area contributed by atoms with E-state index in [-0.39, 0.29) is 0 Å². The summed E-state index contributed by atoms with van der Waals surface area (Å²) in [6.45, 7) is 5.58. The number of nitrogens with zero attached hydrogens (tertiary/aromatic N) is 3. The monoisotopic (exact) mass is 252 g/mol. The topological polar surface area (TPSA) is 41.0 Å². The first-order valence-corrected chi connectivity index (χ1v) is 6.62. The first kappa shape index (κ1) is 11.2. The number of nitrogens with one attached hydrogen (secondary N) is 1. The number of hydrogen-bond donors (Lipinski definition) is 1. The minimum Gasteiger partial charge on any atom is -0.352 e. The zero-order chi connectivity index (χ0) is 11.8. The SMILES string of the molecule is CCC1C2CNCC2CN1c1cncc(Cl)n1. The van der Waals surface area contributed by atoms with Gasteiger partial charge in [-0.2, -0.15) is 0 Å². The Morgan fingerprint density at radius 1 is 1.47 bits per heavy atom. The molecule has 0 radical (unpaired) electrons. The lowest BCUT2D eigenvalue weighted by atomic mass is 9.93. The highest BCUT2D eigenvalue weighted by Crippen LogP contribution is 2.36. The lowest BCUT2D eigenvalue weighted by Crippen LogP contribution is -2.35. The van der Waals surface area contributed by atoms with Crippen molar-refractivity contribution in [3.05, 3.63) is 17.5 Å². The molecule has 1 N–H and O–H groups in total. The van der Waals surface area contributed by atoms with Crippen LogP contribution in [0.2, 0.25) is 5.15 Å². The summed E-state index contributed by atoms with van der Waals surface area (Å²) in [6, 6.07) is 0.572. The Hall–Kier alpha value is -0.870. The summed E-state index contributed by atoms with van der Waals surface area (Å²) >= 11 is 5.92. The van der Waals surface area contributed by atoms with Crippen LogP contribution in [-0.4, -0.2) is 35.6 Å². The average molecular weight is 253 g/mol. The molecule has 0 saturated carbocycles. The normalized spacial score (nSPS) is 31.9. The van der Waals surface area contributed by atoms with Crippen LogP contribution >= 0.6 is 11.6 Å². The van der Waals surface area contributed by atoms with E-state index in [4.69, 9.17) is 11.6 Å². The molecule has 4 nitrogen and oxygen atoms in total. The van der Waals surface area contributed by atoms with Crippen LogP contribution in [0.1, 0.15) is 13.3 Å². The highest BCUT2D eigenvalue weighted by Gasteiger charge is 2.43. The Morgan fingerprint density at radius 3 is 3.12 bits per heavy atom. The fraction of sp³-hybridized carbons (Fsp3) is 0.667. The van der Waals surface area contributed by atoms with Gasteiger partial charge in [0.2, 0.25) is 0 Å². The van der Waals surface area contributed by atoms with Crippen LogP contribution in [0.25, 0.3) is 0 Å². The van der Waals surface area contributed by atoms with Crippen molar-refractivity contribution in [3.63, 3.8) is 0 Å². The summed E-state index contributed by atoms with van der Waals surface area (Å²) in [6.07, 6.45) is 4.56. The van der Waals surface area contributed by atoms with E-state index in [0.29, 0.717) is 11.2 Å². The second kappa shape index (κ2) is 4.42. The van der Waals surface area contributed by atoms with E-state index in [1.54, 1.807) is 6.20 Å². The summed E-state index contributed by atoms with van der Waals surface area (Å²) in [7, 11) is 0. The fourth-order valence-corrected chi connectivity index (χ4v) is 3.42. The number of halogens is 1. The van der Waals surface area contributed by atoms with Gasteiger partial charge in [0.05, 0.1) is 12.4 Å². The second-order valence-electron chi connectivity index (χ2n) is 4.91. The molecule has 0 bridgehead atoms. The molecule has 3 unspecified atom stereocenters. The van der Waals surface area contributed by atoms with Gasteiger partial charge in [-0.25, -0.2) is 4.98 Å². The van der Waals surface area contributed by atoms with Crippen LogP contribution in [-0.2, 0) is 0 Å². The molecule has 5 heteroatoms. The molecule has 2 saturated heterocycles. The minimum absolute atomic E-state index is 0.479. The number of anilines is 1. The molecule has 17 heavy (non-hydrogen) atoms. The molecule has 2 fully saturated rings. The Kier molecular flexibility index (Phi) is 2.92. The van der Waals surface area contributed by atoms with Gasteiger partial charge in [0.15, 0.2) is 0 Å². The van der Waals surface area contributed by atoms with Crippen LogP contribution in [0, 0.1) is 11.8 Å². The highest BCUT2D eigenvalue weighted by atomic mass is 35.5. The van der Waals surface area contributed by atoms with Crippen molar-refractivity contribution < 1.29 is 0 Å². The Bertz CT molecular complexity index is 411. The quantitative estimate of drug-likeness (QED) is 0.868. The standard InChI is InChI=1S/C12H17ClN4/c1-2-10-9-4-14-3-8(9)7-17(10)12-6-15-5-11(13)16-12/h5-6,8-10,14H,2-4,7H2,1H3. The molecule has 1 aromatic heterocycles. The molecule has 0 amide bonds. The number of aromatic nitrogens is 2. The maximum Gasteiger partial charge on any atom is 0.149 e. The lowest BCUT2D eigenvalue weighted by Gasteiger charge is -2.27. The van der Waals surface area contributed by atoms with Gasteiger partial charge in [0.25, 0.3) is 0 Å². The maximum atomic E-state index is 5.92. The predicted molar refractivity (Wildman–Crippen MR) is 68.3 cm³/mol. The molecular formula is C12H17ClN4. The highest BCUT2D eigenvalue weighted by molar-refractivity contribution is 6.29. The van der Waals surface area contributed by atoms with Crippen molar-refractivity contribution in [2.45, 2.75) is 19.4 Å². The van der Waals surface area contributed by atoms with Gasteiger partial charge in [0.1, 0.15) is 11.0 Å². The predicted octanol–water partition coefficient (Wildman–Crippen LogP) is 1.56. The molecule has 92 valence electrons. The van der Waals surface area contributed by atoms with E-state index in [0.717, 1.165) is 43.7 Å². The van der Waals surface area contributed by atoms with E-state index in [9.17, 15) is 0 Å². The molecule has 0 aromatic carbocycles. The van der Waals surface area contributed by atoms with Crippen molar-refractivity contribution >= 4 is 17.4 Å². The third-order valence-electron chi connectivity index (χ3n) is 4.02. The molecule has 1 aromatic rings.